The summed E-state index contributed by atoms with van der Waals surface area (Å²) >= 11 is 0. The number of aliphatic carboxylic acids is 1. The molecule has 3 heteroatoms. The van der Waals surface area contributed by atoms with Crippen molar-refractivity contribution < 1.29 is 14.6 Å². The van der Waals surface area contributed by atoms with Crippen LogP contribution >= 0.6 is 0 Å². The lowest BCUT2D eigenvalue weighted by Gasteiger charge is -1.96. The molecule has 52 valence electrons. The SMILES string of the molecule is CC/C=C(/OC)C(=O)O. The van der Waals surface area contributed by atoms with Gasteiger partial charge in [0.1, 0.15) is 0 Å². The maximum Gasteiger partial charge on any atom is 0.370 e. The fourth-order valence-electron chi connectivity index (χ4n) is 0.443. The predicted molar refractivity (Wildman–Crippen MR) is 33.0 cm³/mol. The molecule has 0 aliphatic heterocycles. The number of ether oxygens (including phenoxy) is 1. The molecule has 0 radical (unpaired) electrons. The minimum absolute atomic E-state index is 0.0116. The summed E-state index contributed by atoms with van der Waals surface area (Å²) in [7, 11) is 1.34. The summed E-state index contributed by atoms with van der Waals surface area (Å²) in [6, 6.07) is 0. The van der Waals surface area contributed by atoms with E-state index in [0.717, 1.165) is 0 Å². The van der Waals surface area contributed by atoms with E-state index < -0.39 is 5.97 Å². The van der Waals surface area contributed by atoms with Crippen LogP contribution in [0.25, 0.3) is 0 Å². The molecule has 0 saturated heterocycles. The number of allylic oxidation sites excluding steroid dienone is 1. The average Bonchev–Trinajstić information content (AvgIpc) is 1.82. The second kappa shape index (κ2) is 3.95. The van der Waals surface area contributed by atoms with E-state index in [1.165, 1.54) is 13.2 Å². The van der Waals surface area contributed by atoms with E-state index in [9.17, 15) is 4.79 Å². The first kappa shape index (κ1) is 8.01. The highest BCUT2D eigenvalue weighted by Crippen LogP contribution is 1.95. The summed E-state index contributed by atoms with van der Waals surface area (Å²) < 4.78 is 4.51. The van der Waals surface area contributed by atoms with E-state index in [1.54, 1.807) is 0 Å². The minimum atomic E-state index is -1.01. The van der Waals surface area contributed by atoms with Gasteiger partial charge in [0.15, 0.2) is 5.76 Å². The van der Waals surface area contributed by atoms with Gasteiger partial charge < -0.3 is 9.84 Å². The third-order valence-corrected chi connectivity index (χ3v) is 0.820. The molecule has 9 heavy (non-hydrogen) atoms. The van der Waals surface area contributed by atoms with E-state index in [4.69, 9.17) is 5.11 Å². The first-order chi connectivity index (χ1) is 4.22. The van der Waals surface area contributed by atoms with Crippen molar-refractivity contribution in [1.82, 2.24) is 0 Å². The van der Waals surface area contributed by atoms with E-state index in [-0.39, 0.29) is 5.76 Å². The number of hydrogen-bond acceptors (Lipinski definition) is 2. The smallest absolute Gasteiger partial charge is 0.370 e. The quantitative estimate of drug-likeness (QED) is 0.458. The van der Waals surface area contributed by atoms with Crippen LogP contribution in [0.5, 0.6) is 0 Å². The molecule has 0 aromatic rings. The van der Waals surface area contributed by atoms with Gasteiger partial charge in [0, 0.05) is 0 Å². The highest BCUT2D eigenvalue weighted by Gasteiger charge is 2.03. The van der Waals surface area contributed by atoms with Gasteiger partial charge in [-0.15, -0.1) is 0 Å². The maximum atomic E-state index is 10.1. The Balaban J connectivity index is 3.98. The molecule has 0 amide bonds. The molecule has 0 aliphatic rings. The molecule has 0 fully saturated rings. The molecule has 0 aromatic heterocycles. The first-order valence-corrected chi connectivity index (χ1v) is 2.69. The molecular weight excluding hydrogens is 120 g/mol. The van der Waals surface area contributed by atoms with E-state index in [2.05, 4.69) is 4.74 Å². The Morgan fingerprint density at radius 1 is 1.78 bits per heavy atom. The predicted octanol–water partition coefficient (Wildman–Crippen LogP) is 1.01. The second-order valence-corrected chi connectivity index (χ2v) is 1.49. The molecule has 3 nitrogen and oxygen atoms in total. The summed E-state index contributed by atoms with van der Waals surface area (Å²) in [5.41, 5.74) is 0. The van der Waals surface area contributed by atoms with Gasteiger partial charge in [-0.05, 0) is 12.5 Å². The standard InChI is InChI=1S/C6H10O3/c1-3-4-5(9-2)6(7)8/h4H,3H2,1-2H3,(H,7,8)/b5-4+. The molecule has 0 bridgehead atoms. The number of carboxylic acid groups (broad SMARTS) is 1. The van der Waals surface area contributed by atoms with Gasteiger partial charge in [-0.1, -0.05) is 6.92 Å². The number of rotatable bonds is 3. The summed E-state index contributed by atoms with van der Waals surface area (Å²) in [4.78, 5) is 10.1. The van der Waals surface area contributed by atoms with Crippen LogP contribution in [0.3, 0.4) is 0 Å². The number of methoxy groups -OCH3 is 1. The van der Waals surface area contributed by atoms with Crippen molar-refractivity contribution in [3.8, 4) is 0 Å². The van der Waals surface area contributed by atoms with Crippen molar-refractivity contribution in [2.24, 2.45) is 0 Å². The Morgan fingerprint density at radius 3 is 2.44 bits per heavy atom. The van der Waals surface area contributed by atoms with Gasteiger partial charge in [-0.2, -0.15) is 0 Å². The Bertz CT molecular complexity index is 126. The van der Waals surface area contributed by atoms with Gasteiger partial charge >= 0.3 is 5.97 Å². The number of carbonyl (C=O) groups is 1. The van der Waals surface area contributed by atoms with Crippen molar-refractivity contribution in [3.63, 3.8) is 0 Å². The fraction of sp³-hybridized carbons (Fsp3) is 0.500. The van der Waals surface area contributed by atoms with Crippen LogP contribution in [0.2, 0.25) is 0 Å². The van der Waals surface area contributed by atoms with Crippen LogP contribution in [0, 0.1) is 0 Å². The molecular formula is C6H10O3. The molecule has 0 rings (SSSR count). The van der Waals surface area contributed by atoms with Crippen LogP contribution in [-0.4, -0.2) is 18.2 Å². The van der Waals surface area contributed by atoms with Crippen molar-refractivity contribution in [3.05, 3.63) is 11.8 Å². The highest BCUT2D eigenvalue weighted by molar-refractivity contribution is 5.84. The Kier molecular flexibility index (Phi) is 3.51. The topological polar surface area (TPSA) is 46.5 Å². The fourth-order valence-corrected chi connectivity index (χ4v) is 0.443. The van der Waals surface area contributed by atoms with Crippen molar-refractivity contribution >= 4 is 5.97 Å². The lowest BCUT2D eigenvalue weighted by molar-refractivity contribution is -0.136. The minimum Gasteiger partial charge on any atom is -0.490 e. The van der Waals surface area contributed by atoms with Gasteiger partial charge in [0.25, 0.3) is 0 Å². The number of carboxylic acids is 1. The first-order valence-electron chi connectivity index (χ1n) is 2.69. The van der Waals surface area contributed by atoms with Gasteiger partial charge in [-0.25, -0.2) is 4.79 Å². The number of hydrogen-bond donors (Lipinski definition) is 1. The lowest BCUT2D eigenvalue weighted by Crippen LogP contribution is -2.01. The normalized spacial score (nSPS) is 11.1. The summed E-state index contributed by atoms with van der Waals surface area (Å²) in [5, 5.41) is 8.31. The Hall–Kier alpha value is -0.990. The second-order valence-electron chi connectivity index (χ2n) is 1.49. The van der Waals surface area contributed by atoms with Crippen molar-refractivity contribution in [2.45, 2.75) is 13.3 Å². The molecule has 0 saturated carbocycles. The third kappa shape index (κ3) is 2.74. The molecule has 0 unspecified atom stereocenters. The highest BCUT2D eigenvalue weighted by atomic mass is 16.5. The monoisotopic (exact) mass is 130 g/mol. The Labute approximate surface area is 53.9 Å². The molecule has 0 spiro atoms. The van der Waals surface area contributed by atoms with E-state index >= 15 is 0 Å². The summed E-state index contributed by atoms with van der Waals surface area (Å²) in [5.74, 6) is -1.00. The molecule has 0 heterocycles. The largest absolute Gasteiger partial charge is 0.490 e. The van der Waals surface area contributed by atoms with Crippen LogP contribution < -0.4 is 0 Å². The third-order valence-electron chi connectivity index (χ3n) is 0.820. The molecule has 0 aliphatic carbocycles. The summed E-state index contributed by atoms with van der Waals surface area (Å²) in [6.07, 6.45) is 2.19. The Morgan fingerprint density at radius 2 is 2.33 bits per heavy atom. The van der Waals surface area contributed by atoms with Crippen LogP contribution in [-0.2, 0) is 9.53 Å². The zero-order valence-electron chi connectivity index (χ0n) is 5.55. The zero-order valence-corrected chi connectivity index (χ0v) is 5.55. The van der Waals surface area contributed by atoms with Gasteiger partial charge in [0.2, 0.25) is 0 Å². The zero-order chi connectivity index (χ0) is 7.28. The van der Waals surface area contributed by atoms with Gasteiger partial charge in [-0.3, -0.25) is 0 Å². The van der Waals surface area contributed by atoms with Crippen LogP contribution in [0.15, 0.2) is 11.8 Å². The lowest BCUT2D eigenvalue weighted by atomic mass is 10.4. The average molecular weight is 130 g/mol. The summed E-state index contributed by atoms with van der Waals surface area (Å²) in [6.45, 7) is 1.85. The van der Waals surface area contributed by atoms with Crippen LogP contribution in [0.4, 0.5) is 0 Å². The van der Waals surface area contributed by atoms with Crippen molar-refractivity contribution in [2.75, 3.05) is 7.11 Å². The van der Waals surface area contributed by atoms with Crippen molar-refractivity contribution in [1.29, 1.82) is 0 Å². The van der Waals surface area contributed by atoms with Gasteiger partial charge in [0.05, 0.1) is 7.11 Å². The van der Waals surface area contributed by atoms with Crippen LogP contribution in [0.1, 0.15) is 13.3 Å². The maximum absolute atomic E-state index is 10.1. The molecule has 0 atom stereocenters. The molecule has 0 aromatic carbocycles. The van der Waals surface area contributed by atoms with E-state index in [0.29, 0.717) is 6.42 Å². The van der Waals surface area contributed by atoms with E-state index in [1.807, 2.05) is 6.92 Å². The molecule has 1 N–H and O–H groups in total.